The first-order valence-corrected chi connectivity index (χ1v) is 12.7. The Morgan fingerprint density at radius 2 is 1.31 bits per heavy atom. The van der Waals surface area contributed by atoms with Gasteiger partial charge in [-0.2, -0.15) is 0 Å². The molecule has 0 spiro atoms. The molecule has 0 aromatic heterocycles. The van der Waals surface area contributed by atoms with Crippen molar-refractivity contribution >= 4 is 35.6 Å². The van der Waals surface area contributed by atoms with Crippen molar-refractivity contribution in [1.82, 2.24) is 0 Å². The molecule has 0 saturated heterocycles. The summed E-state index contributed by atoms with van der Waals surface area (Å²) in [6.07, 6.45) is 0. The third-order valence-electron chi connectivity index (χ3n) is 5.78. The zero-order chi connectivity index (χ0) is 25.1. The third-order valence-corrected chi connectivity index (χ3v) is 8.15. The fourth-order valence-corrected chi connectivity index (χ4v) is 6.69. The van der Waals surface area contributed by atoms with Crippen molar-refractivity contribution in [3.63, 3.8) is 0 Å². The van der Waals surface area contributed by atoms with Crippen LogP contribution in [0.15, 0.2) is 97.1 Å². The predicted molar refractivity (Wildman–Crippen MR) is 137 cm³/mol. The minimum Gasteiger partial charge on any atom is -0.468 e. The van der Waals surface area contributed by atoms with Gasteiger partial charge >= 0.3 is 19.5 Å². The van der Waals surface area contributed by atoms with Crippen LogP contribution in [0, 0.1) is 0 Å². The van der Waals surface area contributed by atoms with Gasteiger partial charge < -0.3 is 23.0 Å². The molecule has 8 heteroatoms. The lowest BCUT2D eigenvalue weighted by Crippen LogP contribution is -2.37. The summed E-state index contributed by atoms with van der Waals surface area (Å²) in [6, 6.07) is 28.9. The molecule has 4 aromatic carbocycles. The summed E-state index contributed by atoms with van der Waals surface area (Å²) < 4.78 is 29.7. The molecule has 0 fully saturated rings. The first-order valence-electron chi connectivity index (χ1n) is 11.2. The number of methoxy groups -OCH3 is 2. The Balaban J connectivity index is 1.86. The molecule has 0 saturated carbocycles. The number of fused-ring (bicyclic) bond motifs is 3. The number of ether oxygens (including phenoxy) is 2. The molecule has 1 aliphatic rings. The van der Waals surface area contributed by atoms with Crippen LogP contribution in [0.5, 0.6) is 17.2 Å². The van der Waals surface area contributed by atoms with Gasteiger partial charge in [0.1, 0.15) is 23.2 Å². The molecule has 0 radical (unpaired) electrons. The Morgan fingerprint density at radius 3 is 1.89 bits per heavy atom. The van der Waals surface area contributed by atoms with Crippen molar-refractivity contribution in [3.05, 3.63) is 103 Å². The highest BCUT2D eigenvalue weighted by Crippen LogP contribution is 2.60. The van der Waals surface area contributed by atoms with Crippen LogP contribution in [-0.2, 0) is 19.1 Å². The highest BCUT2D eigenvalue weighted by molar-refractivity contribution is 7.66. The van der Waals surface area contributed by atoms with E-state index in [1.54, 1.807) is 54.6 Å². The maximum absolute atomic E-state index is 13.5. The highest BCUT2D eigenvalue weighted by atomic mass is 31.2. The number of para-hydroxylation sites is 2. The number of hydrogen-bond donors (Lipinski definition) is 0. The molecule has 1 heterocycles. The first kappa shape index (κ1) is 23.5. The molecule has 5 rings (SSSR count). The standard InChI is InChI=1S/C28H23O7P/c1-31-27(29)25-24-22-16-10-9-11-19(22)17-18-23(24)35-36(26(25)28(30)32-2,33-20-12-5-3-6-13-20)34-21-14-7-4-8-15-21/h3-18,25H,1-2H3. The lowest BCUT2D eigenvalue weighted by Gasteiger charge is -2.36. The van der Waals surface area contributed by atoms with E-state index in [0.717, 1.165) is 10.8 Å². The van der Waals surface area contributed by atoms with E-state index in [-0.39, 0.29) is 5.29 Å². The van der Waals surface area contributed by atoms with Gasteiger partial charge in [0.2, 0.25) is 0 Å². The highest BCUT2D eigenvalue weighted by Gasteiger charge is 2.51. The van der Waals surface area contributed by atoms with Crippen molar-refractivity contribution in [1.29, 1.82) is 0 Å². The van der Waals surface area contributed by atoms with E-state index in [9.17, 15) is 9.59 Å². The molecule has 182 valence electrons. The Bertz CT molecular complexity index is 1440. The minimum absolute atomic E-state index is 0.0894. The Labute approximate surface area is 208 Å². The molecule has 0 N–H and O–H groups in total. The second-order valence-corrected chi connectivity index (χ2v) is 9.95. The molecule has 7 nitrogen and oxygen atoms in total. The normalized spacial score (nSPS) is 15.8. The van der Waals surface area contributed by atoms with Crippen LogP contribution >= 0.6 is 7.57 Å². The fraction of sp³-hybridized carbons (Fsp3) is 0.107. The topological polar surface area (TPSA) is 80.3 Å². The number of carbonyl (C=O) groups is 2. The van der Waals surface area contributed by atoms with Gasteiger partial charge in [-0.3, -0.25) is 4.79 Å². The molecule has 1 aliphatic heterocycles. The van der Waals surface area contributed by atoms with Gasteiger partial charge in [0.25, 0.3) is 0 Å². The number of esters is 2. The molecule has 0 aliphatic carbocycles. The van der Waals surface area contributed by atoms with Crippen LogP contribution in [0.1, 0.15) is 11.5 Å². The summed E-state index contributed by atoms with van der Waals surface area (Å²) in [6.45, 7) is 0. The zero-order valence-corrected chi connectivity index (χ0v) is 20.5. The summed E-state index contributed by atoms with van der Waals surface area (Å²) in [7, 11) is -1.30. The van der Waals surface area contributed by atoms with Crippen molar-refractivity contribution in [3.8, 4) is 17.2 Å². The third kappa shape index (κ3) is 4.18. The second kappa shape index (κ2) is 9.80. The van der Waals surface area contributed by atoms with Gasteiger partial charge in [0.05, 0.1) is 14.2 Å². The monoisotopic (exact) mass is 502 g/mol. The van der Waals surface area contributed by atoms with Gasteiger partial charge in [-0.15, -0.1) is 0 Å². The lowest BCUT2D eigenvalue weighted by molar-refractivity contribution is -0.142. The van der Waals surface area contributed by atoms with E-state index in [1.807, 2.05) is 42.5 Å². The van der Waals surface area contributed by atoms with Crippen molar-refractivity contribution in [2.75, 3.05) is 14.2 Å². The van der Waals surface area contributed by atoms with Crippen LogP contribution in [0.25, 0.3) is 10.8 Å². The number of rotatable bonds is 6. The molecular formula is C28H23O7P. The Morgan fingerprint density at radius 1 is 0.722 bits per heavy atom. The summed E-state index contributed by atoms with van der Waals surface area (Å²) >= 11 is 0. The quantitative estimate of drug-likeness (QED) is 0.245. The van der Waals surface area contributed by atoms with Gasteiger partial charge in [0.15, 0.2) is 5.29 Å². The molecule has 1 atom stereocenters. The summed E-state index contributed by atoms with van der Waals surface area (Å²) in [5.74, 6) is -1.47. The summed E-state index contributed by atoms with van der Waals surface area (Å²) in [5.41, 5.74) is 0.490. The van der Waals surface area contributed by atoms with Crippen molar-refractivity contribution in [2.24, 2.45) is 0 Å². The molecule has 4 aromatic rings. The predicted octanol–water partition coefficient (Wildman–Crippen LogP) is 5.75. The van der Waals surface area contributed by atoms with Crippen LogP contribution in [0.3, 0.4) is 0 Å². The maximum Gasteiger partial charge on any atom is 0.429 e. The largest absolute Gasteiger partial charge is 0.468 e. The fourth-order valence-electron chi connectivity index (χ4n) is 4.20. The molecule has 0 amide bonds. The van der Waals surface area contributed by atoms with E-state index >= 15 is 0 Å². The van der Waals surface area contributed by atoms with E-state index in [2.05, 4.69) is 0 Å². The minimum atomic E-state index is -3.81. The molecule has 1 unspecified atom stereocenters. The molecule has 36 heavy (non-hydrogen) atoms. The van der Waals surface area contributed by atoms with Crippen LogP contribution in [-0.4, -0.2) is 31.5 Å². The molecular weight excluding hydrogens is 479 g/mol. The van der Waals surface area contributed by atoms with Gasteiger partial charge in [-0.05, 0) is 41.1 Å². The average molecular weight is 502 g/mol. The summed E-state index contributed by atoms with van der Waals surface area (Å²) in [4.78, 5) is 26.9. The van der Waals surface area contributed by atoms with Crippen molar-refractivity contribution in [2.45, 2.75) is 5.92 Å². The summed E-state index contributed by atoms with van der Waals surface area (Å²) in [5, 5.41) is 1.52. The number of benzene rings is 4. The van der Waals surface area contributed by atoms with E-state index in [1.165, 1.54) is 14.2 Å². The van der Waals surface area contributed by atoms with Crippen molar-refractivity contribution < 1.29 is 32.6 Å². The average Bonchev–Trinajstić information content (AvgIpc) is 2.92. The van der Waals surface area contributed by atoms with E-state index < -0.39 is 25.4 Å². The van der Waals surface area contributed by atoms with E-state index in [0.29, 0.717) is 22.8 Å². The lowest BCUT2D eigenvalue weighted by atomic mass is 9.89. The van der Waals surface area contributed by atoms with E-state index in [4.69, 9.17) is 23.0 Å². The van der Waals surface area contributed by atoms with Gasteiger partial charge in [-0.1, -0.05) is 66.7 Å². The maximum atomic E-state index is 13.5. The zero-order valence-electron chi connectivity index (χ0n) is 19.6. The first-order chi connectivity index (χ1) is 17.6. The Kier molecular flexibility index (Phi) is 6.40. The van der Waals surface area contributed by atoms with Gasteiger partial charge in [0, 0.05) is 5.56 Å². The molecule has 0 bridgehead atoms. The van der Waals surface area contributed by atoms with Crippen LogP contribution < -0.4 is 13.6 Å². The smallest absolute Gasteiger partial charge is 0.429 e. The second-order valence-electron chi connectivity index (χ2n) is 7.93. The number of carbonyl (C=O) groups excluding carboxylic acids is 2. The SMILES string of the molecule is COC(=O)C1=P(Oc2ccccc2)(Oc2ccccc2)Oc2ccc3ccccc3c2C1C(=O)OC. The Hall–Kier alpha value is -4.22. The van der Waals surface area contributed by atoms with Crippen LogP contribution in [0.4, 0.5) is 0 Å². The number of hydrogen-bond acceptors (Lipinski definition) is 7. The van der Waals surface area contributed by atoms with Gasteiger partial charge in [-0.25, -0.2) is 4.79 Å². The van der Waals surface area contributed by atoms with Crippen LogP contribution in [0.2, 0.25) is 0 Å².